The summed E-state index contributed by atoms with van der Waals surface area (Å²) in [5.74, 6) is 0. The molecule has 0 amide bonds. The van der Waals surface area contributed by atoms with Crippen molar-refractivity contribution < 1.29 is 14.0 Å². The first kappa shape index (κ1) is 35.4. The van der Waals surface area contributed by atoms with Crippen LogP contribution in [0, 0.1) is 0 Å². The molecule has 0 fully saturated rings. The number of benzene rings is 2. The lowest BCUT2D eigenvalue weighted by Crippen LogP contribution is -2.34. The third-order valence-electron chi connectivity index (χ3n) is 7.05. The lowest BCUT2D eigenvalue weighted by molar-refractivity contribution is 0.0829. The lowest BCUT2D eigenvalue weighted by Gasteiger charge is -2.38. The Kier molecular flexibility index (Phi) is 11.8. The normalized spacial score (nSPS) is 14.8. The van der Waals surface area contributed by atoms with Crippen LogP contribution in [0.5, 0.6) is 0 Å². The standard InChI is InChI=1S/C36H58O3Si2/c1-26(16-15-23-34(8,9)37)29-18-14-17-27(24-29)19-20-28-21-22-30(35(10,11)38-40-32(2,3)4)31(25-28)36(12,13)39-41-33(5,6)7/h14-18,21-25,37H,19-20,40-41H2,1-13H3. The van der Waals surface area contributed by atoms with Crippen LogP contribution in [-0.4, -0.2) is 30.2 Å². The monoisotopic (exact) mass is 594 g/mol. The molecule has 0 aliphatic rings. The molecule has 0 saturated carbocycles. The molecule has 41 heavy (non-hydrogen) atoms. The van der Waals surface area contributed by atoms with Crippen molar-refractivity contribution in [3.05, 3.63) is 88.5 Å². The summed E-state index contributed by atoms with van der Waals surface area (Å²) in [7, 11) is -1.46. The summed E-state index contributed by atoms with van der Waals surface area (Å²) >= 11 is 0. The number of allylic oxidation sites excluding steroid dienone is 3. The maximum atomic E-state index is 9.95. The van der Waals surface area contributed by atoms with Crippen molar-refractivity contribution in [3.8, 4) is 0 Å². The van der Waals surface area contributed by atoms with E-state index in [1.54, 1.807) is 13.8 Å². The van der Waals surface area contributed by atoms with Crippen LogP contribution in [0.15, 0.2) is 60.7 Å². The second-order valence-electron chi connectivity index (χ2n) is 15.7. The fraction of sp³-hybridized carbons (Fsp3) is 0.556. The van der Waals surface area contributed by atoms with Crippen molar-refractivity contribution in [2.24, 2.45) is 0 Å². The molecule has 3 nitrogen and oxygen atoms in total. The Morgan fingerprint density at radius 2 is 1.22 bits per heavy atom. The first-order chi connectivity index (χ1) is 18.6. The van der Waals surface area contributed by atoms with Crippen molar-refractivity contribution in [2.45, 2.75) is 130 Å². The smallest absolute Gasteiger partial charge is 0.168 e. The minimum Gasteiger partial charge on any atom is -0.415 e. The Morgan fingerprint density at radius 3 is 1.73 bits per heavy atom. The summed E-state index contributed by atoms with van der Waals surface area (Å²) in [6.07, 6.45) is 7.75. The predicted octanol–water partition coefficient (Wildman–Crippen LogP) is 8.31. The Bertz CT molecular complexity index is 1200. The molecule has 0 aliphatic carbocycles. The van der Waals surface area contributed by atoms with Gasteiger partial charge in [0.05, 0.1) is 16.8 Å². The Labute approximate surface area is 256 Å². The molecular weight excluding hydrogens is 537 g/mol. The van der Waals surface area contributed by atoms with Gasteiger partial charge in [-0.2, -0.15) is 0 Å². The molecule has 2 aromatic carbocycles. The molecule has 5 heteroatoms. The molecule has 1 N–H and O–H groups in total. The van der Waals surface area contributed by atoms with Crippen LogP contribution in [0.25, 0.3) is 5.57 Å². The third kappa shape index (κ3) is 12.6. The van der Waals surface area contributed by atoms with E-state index < -0.39 is 25.1 Å². The minimum atomic E-state index is -0.808. The molecular formula is C36H58O3Si2. The Balaban J connectivity index is 2.36. The Morgan fingerprint density at radius 1 is 0.707 bits per heavy atom. The van der Waals surface area contributed by atoms with Gasteiger partial charge in [-0.15, -0.1) is 0 Å². The largest absolute Gasteiger partial charge is 0.415 e. The van der Waals surface area contributed by atoms with Gasteiger partial charge >= 0.3 is 0 Å². The summed E-state index contributed by atoms with van der Waals surface area (Å²) in [5.41, 5.74) is 5.98. The average Bonchev–Trinajstić information content (AvgIpc) is 2.83. The zero-order valence-corrected chi connectivity index (χ0v) is 31.2. The summed E-state index contributed by atoms with van der Waals surface area (Å²) in [5, 5.41) is 10.4. The highest BCUT2D eigenvalue weighted by atomic mass is 28.2. The molecule has 0 bridgehead atoms. The first-order valence-corrected chi connectivity index (χ1v) is 17.7. The summed E-state index contributed by atoms with van der Waals surface area (Å²) in [6.45, 7) is 28.3. The van der Waals surface area contributed by atoms with E-state index in [1.807, 2.05) is 12.2 Å². The van der Waals surface area contributed by atoms with Crippen LogP contribution >= 0.6 is 0 Å². The van der Waals surface area contributed by atoms with Crippen molar-refractivity contribution in [1.82, 2.24) is 0 Å². The van der Waals surface area contributed by atoms with E-state index in [-0.39, 0.29) is 21.3 Å². The fourth-order valence-corrected chi connectivity index (χ4v) is 6.40. The number of hydrogen-bond donors (Lipinski definition) is 1. The maximum Gasteiger partial charge on any atom is 0.168 e. The van der Waals surface area contributed by atoms with E-state index in [9.17, 15) is 5.11 Å². The average molecular weight is 595 g/mol. The van der Waals surface area contributed by atoms with Gasteiger partial charge in [0.15, 0.2) is 19.5 Å². The van der Waals surface area contributed by atoms with E-state index in [4.69, 9.17) is 8.85 Å². The summed E-state index contributed by atoms with van der Waals surface area (Å²) in [6, 6.07) is 15.8. The van der Waals surface area contributed by atoms with Crippen molar-refractivity contribution in [1.29, 1.82) is 0 Å². The molecule has 0 heterocycles. The predicted molar refractivity (Wildman–Crippen MR) is 184 cm³/mol. The molecule has 0 aromatic heterocycles. The second kappa shape index (κ2) is 13.7. The Hall–Kier alpha value is -1.77. The number of hydrogen-bond acceptors (Lipinski definition) is 3. The van der Waals surface area contributed by atoms with Gasteiger partial charge in [0.2, 0.25) is 0 Å². The van der Waals surface area contributed by atoms with E-state index in [2.05, 4.69) is 125 Å². The fourth-order valence-electron chi connectivity index (χ4n) is 4.50. The van der Waals surface area contributed by atoms with Crippen LogP contribution in [0.2, 0.25) is 10.1 Å². The highest BCUT2D eigenvalue weighted by Gasteiger charge is 2.33. The van der Waals surface area contributed by atoms with Crippen LogP contribution in [-0.2, 0) is 32.9 Å². The zero-order valence-electron chi connectivity index (χ0n) is 28.4. The second-order valence-corrected chi connectivity index (χ2v) is 21.1. The molecule has 0 radical (unpaired) electrons. The van der Waals surface area contributed by atoms with Gasteiger partial charge in [0, 0.05) is 0 Å². The quantitative estimate of drug-likeness (QED) is 0.198. The van der Waals surface area contributed by atoms with Crippen molar-refractivity contribution >= 4 is 25.1 Å². The van der Waals surface area contributed by atoms with Gasteiger partial charge in [-0.25, -0.2) is 0 Å². The topological polar surface area (TPSA) is 38.7 Å². The van der Waals surface area contributed by atoms with E-state index in [1.165, 1.54) is 33.4 Å². The molecule has 2 aromatic rings. The van der Waals surface area contributed by atoms with Crippen LogP contribution in [0.3, 0.4) is 0 Å². The van der Waals surface area contributed by atoms with Gasteiger partial charge in [-0.3, -0.25) is 0 Å². The lowest BCUT2D eigenvalue weighted by atomic mass is 9.84. The third-order valence-corrected chi connectivity index (χ3v) is 10.5. The molecule has 0 aliphatic heterocycles. The van der Waals surface area contributed by atoms with Crippen LogP contribution < -0.4 is 0 Å². The number of aryl methyl sites for hydroxylation is 2. The molecule has 228 valence electrons. The van der Waals surface area contributed by atoms with Crippen LogP contribution in [0.4, 0.5) is 0 Å². The van der Waals surface area contributed by atoms with Crippen LogP contribution in [0.1, 0.15) is 118 Å². The highest BCUT2D eigenvalue weighted by Crippen LogP contribution is 2.39. The SMILES string of the molecule is CC(=CC=CC(C)(C)O)c1cccc(CCc2ccc(C(C)(C)O[SiH2]C(C)(C)C)c(C(C)(C)O[SiH2]C(C)(C)C)c2)c1. The zero-order chi connectivity index (χ0) is 31.3. The van der Waals surface area contributed by atoms with Crippen molar-refractivity contribution in [3.63, 3.8) is 0 Å². The van der Waals surface area contributed by atoms with E-state index >= 15 is 0 Å². The molecule has 0 atom stereocenters. The molecule has 0 saturated heterocycles. The summed E-state index contributed by atoms with van der Waals surface area (Å²) < 4.78 is 13.4. The van der Waals surface area contributed by atoms with E-state index in [0.717, 1.165) is 12.8 Å². The van der Waals surface area contributed by atoms with Gasteiger partial charge < -0.3 is 14.0 Å². The molecule has 0 unspecified atom stereocenters. The first-order valence-electron chi connectivity index (χ1n) is 15.2. The van der Waals surface area contributed by atoms with Crippen molar-refractivity contribution in [2.75, 3.05) is 0 Å². The molecule has 2 rings (SSSR count). The van der Waals surface area contributed by atoms with Gasteiger partial charge in [-0.1, -0.05) is 102 Å². The minimum absolute atomic E-state index is 0.224. The summed E-state index contributed by atoms with van der Waals surface area (Å²) in [4.78, 5) is 0. The van der Waals surface area contributed by atoms with Gasteiger partial charge in [0.25, 0.3) is 0 Å². The number of rotatable bonds is 12. The van der Waals surface area contributed by atoms with Gasteiger partial charge in [-0.05, 0) is 105 Å². The number of aliphatic hydroxyl groups is 1. The maximum absolute atomic E-state index is 9.95. The van der Waals surface area contributed by atoms with E-state index in [0.29, 0.717) is 0 Å². The molecule has 0 spiro atoms. The van der Waals surface area contributed by atoms with Gasteiger partial charge in [0.1, 0.15) is 0 Å². The highest BCUT2D eigenvalue weighted by molar-refractivity contribution is 6.32.